The fourth-order valence-corrected chi connectivity index (χ4v) is 2.65. The summed E-state index contributed by atoms with van der Waals surface area (Å²) in [4.78, 5) is 11.3. The first kappa shape index (κ1) is 14.9. The van der Waals surface area contributed by atoms with Crippen molar-refractivity contribution in [2.75, 3.05) is 0 Å². The lowest BCUT2D eigenvalue weighted by Gasteiger charge is -2.13. The summed E-state index contributed by atoms with van der Waals surface area (Å²) >= 11 is 9.19. The minimum atomic E-state index is -1.02. The largest absolute Gasteiger partial charge is 0.488 e. The van der Waals surface area contributed by atoms with Gasteiger partial charge in [0, 0.05) is 9.50 Å². The Morgan fingerprint density at radius 1 is 1.35 bits per heavy atom. The molecule has 0 fully saturated rings. The summed E-state index contributed by atoms with van der Waals surface area (Å²) < 4.78 is 6.38. The zero-order valence-electron chi connectivity index (χ0n) is 10.7. The predicted octanol–water partition coefficient (Wildman–Crippen LogP) is 4.69. The average Bonchev–Trinajstić information content (AvgIpc) is 2.36. The van der Waals surface area contributed by atoms with Gasteiger partial charge >= 0.3 is 5.97 Å². The lowest BCUT2D eigenvalue weighted by atomic mass is 10.1. The van der Waals surface area contributed by atoms with Crippen LogP contribution >= 0.6 is 27.5 Å². The Kier molecular flexibility index (Phi) is 4.68. The van der Waals surface area contributed by atoms with Crippen molar-refractivity contribution in [3.05, 3.63) is 62.6 Å². The van der Waals surface area contributed by atoms with E-state index >= 15 is 0 Å². The van der Waals surface area contributed by atoms with E-state index in [4.69, 9.17) is 16.3 Å². The monoisotopic (exact) mass is 354 g/mol. The Hall–Kier alpha value is -1.52. The van der Waals surface area contributed by atoms with Crippen LogP contribution < -0.4 is 4.74 Å². The van der Waals surface area contributed by atoms with E-state index in [1.807, 2.05) is 25.1 Å². The lowest BCUT2D eigenvalue weighted by molar-refractivity contribution is 0.0691. The molecule has 0 unspecified atom stereocenters. The molecule has 0 aliphatic carbocycles. The molecule has 0 aliphatic heterocycles. The number of rotatable bonds is 4. The Morgan fingerprint density at radius 3 is 2.75 bits per heavy atom. The van der Waals surface area contributed by atoms with Crippen LogP contribution in [0.3, 0.4) is 0 Å². The van der Waals surface area contributed by atoms with Crippen molar-refractivity contribution in [2.45, 2.75) is 13.5 Å². The van der Waals surface area contributed by atoms with Gasteiger partial charge in [-0.15, -0.1) is 0 Å². The van der Waals surface area contributed by atoms with Crippen molar-refractivity contribution in [3.63, 3.8) is 0 Å². The van der Waals surface area contributed by atoms with Gasteiger partial charge in [0.1, 0.15) is 17.9 Å². The van der Waals surface area contributed by atoms with E-state index in [0.717, 1.165) is 11.1 Å². The molecule has 0 spiro atoms. The second kappa shape index (κ2) is 6.29. The highest BCUT2D eigenvalue weighted by atomic mass is 79.9. The van der Waals surface area contributed by atoms with E-state index in [1.54, 1.807) is 12.1 Å². The number of carbonyl (C=O) groups is 1. The summed E-state index contributed by atoms with van der Waals surface area (Å²) in [5.41, 5.74) is 1.79. The summed E-state index contributed by atoms with van der Waals surface area (Å²) in [5.74, 6) is -0.642. The van der Waals surface area contributed by atoms with Crippen LogP contribution in [0.2, 0.25) is 5.02 Å². The number of carboxylic acids is 1. The van der Waals surface area contributed by atoms with Gasteiger partial charge in [-0.2, -0.15) is 0 Å². The second-order valence-corrected chi connectivity index (χ2v) is 5.68. The van der Waals surface area contributed by atoms with Crippen LogP contribution in [0.25, 0.3) is 0 Å². The lowest BCUT2D eigenvalue weighted by Crippen LogP contribution is -2.05. The Balaban J connectivity index is 2.27. The molecule has 20 heavy (non-hydrogen) atoms. The Bertz CT molecular complexity index is 656. The molecule has 0 amide bonds. The number of benzene rings is 2. The number of hydrogen-bond acceptors (Lipinski definition) is 2. The fraction of sp³-hybridized carbons (Fsp3) is 0.133. The molecular weight excluding hydrogens is 344 g/mol. The second-order valence-electron chi connectivity index (χ2n) is 4.32. The molecule has 0 saturated carbocycles. The highest BCUT2D eigenvalue weighted by Gasteiger charge is 2.15. The maximum atomic E-state index is 11.3. The van der Waals surface area contributed by atoms with Gasteiger partial charge in [-0.1, -0.05) is 39.7 Å². The number of aromatic carboxylic acids is 1. The molecule has 0 atom stereocenters. The Labute approximate surface area is 130 Å². The van der Waals surface area contributed by atoms with Crippen LogP contribution in [0.15, 0.2) is 40.9 Å². The molecule has 0 radical (unpaired) electrons. The molecule has 0 aromatic heterocycles. The van der Waals surface area contributed by atoms with Crippen molar-refractivity contribution in [1.29, 1.82) is 0 Å². The molecule has 5 heteroatoms. The van der Waals surface area contributed by atoms with Crippen molar-refractivity contribution in [2.24, 2.45) is 0 Å². The Morgan fingerprint density at radius 2 is 2.10 bits per heavy atom. The number of ether oxygens (including phenoxy) is 1. The molecule has 2 aromatic rings. The van der Waals surface area contributed by atoms with E-state index in [2.05, 4.69) is 15.9 Å². The predicted molar refractivity (Wildman–Crippen MR) is 81.6 cm³/mol. The first-order valence-corrected chi connectivity index (χ1v) is 7.05. The van der Waals surface area contributed by atoms with Crippen LogP contribution in [0.1, 0.15) is 21.5 Å². The van der Waals surface area contributed by atoms with Crippen molar-refractivity contribution >= 4 is 33.5 Å². The van der Waals surface area contributed by atoms with E-state index in [1.165, 1.54) is 6.07 Å². The van der Waals surface area contributed by atoms with Gasteiger partial charge in [-0.3, -0.25) is 0 Å². The van der Waals surface area contributed by atoms with Gasteiger partial charge in [-0.25, -0.2) is 4.79 Å². The number of hydrogen-bond donors (Lipinski definition) is 1. The number of halogens is 2. The van der Waals surface area contributed by atoms with Crippen molar-refractivity contribution in [3.8, 4) is 5.75 Å². The number of carboxylic acid groups (broad SMARTS) is 1. The molecule has 2 rings (SSSR count). The average molecular weight is 356 g/mol. The molecule has 0 heterocycles. The topological polar surface area (TPSA) is 46.5 Å². The van der Waals surface area contributed by atoms with E-state index < -0.39 is 5.97 Å². The smallest absolute Gasteiger partial charge is 0.339 e. The standard InChI is InChI=1S/C15H12BrClO3/c1-9-5-11(16)7-13(15(18)19)14(9)20-8-10-3-2-4-12(17)6-10/h2-7H,8H2,1H3,(H,18,19). The van der Waals surface area contributed by atoms with Gasteiger partial charge in [-0.05, 0) is 42.3 Å². The number of aryl methyl sites for hydroxylation is 1. The molecule has 0 bridgehead atoms. The van der Waals surface area contributed by atoms with Crippen LogP contribution in [-0.2, 0) is 6.61 Å². The van der Waals surface area contributed by atoms with Crippen molar-refractivity contribution < 1.29 is 14.6 Å². The SMILES string of the molecule is Cc1cc(Br)cc(C(=O)O)c1OCc1cccc(Cl)c1. The zero-order valence-corrected chi connectivity index (χ0v) is 13.0. The third kappa shape index (κ3) is 3.52. The van der Waals surface area contributed by atoms with E-state index in [9.17, 15) is 9.90 Å². The quantitative estimate of drug-likeness (QED) is 0.865. The molecule has 0 saturated heterocycles. The fourth-order valence-electron chi connectivity index (χ4n) is 1.86. The third-order valence-electron chi connectivity index (χ3n) is 2.74. The van der Waals surface area contributed by atoms with Gasteiger partial charge in [0.15, 0.2) is 0 Å². The van der Waals surface area contributed by atoms with E-state index in [-0.39, 0.29) is 12.2 Å². The first-order chi connectivity index (χ1) is 9.47. The molecule has 104 valence electrons. The van der Waals surface area contributed by atoms with Crippen LogP contribution in [0, 0.1) is 6.92 Å². The van der Waals surface area contributed by atoms with Gasteiger partial charge in [0.25, 0.3) is 0 Å². The maximum absolute atomic E-state index is 11.3. The summed E-state index contributed by atoms with van der Waals surface area (Å²) in [7, 11) is 0. The van der Waals surface area contributed by atoms with E-state index in [0.29, 0.717) is 15.2 Å². The highest BCUT2D eigenvalue weighted by Crippen LogP contribution is 2.29. The molecule has 3 nitrogen and oxygen atoms in total. The molecular formula is C15H12BrClO3. The first-order valence-electron chi connectivity index (χ1n) is 5.88. The summed E-state index contributed by atoms with van der Waals surface area (Å²) in [6.45, 7) is 2.08. The normalized spacial score (nSPS) is 10.3. The summed E-state index contributed by atoms with van der Waals surface area (Å²) in [5, 5.41) is 9.86. The molecule has 0 aliphatic rings. The summed E-state index contributed by atoms with van der Waals surface area (Å²) in [6.07, 6.45) is 0. The maximum Gasteiger partial charge on any atom is 0.339 e. The highest BCUT2D eigenvalue weighted by molar-refractivity contribution is 9.10. The molecule has 2 aromatic carbocycles. The zero-order chi connectivity index (χ0) is 14.7. The van der Waals surface area contributed by atoms with Crippen LogP contribution in [0.4, 0.5) is 0 Å². The minimum absolute atomic E-state index is 0.138. The minimum Gasteiger partial charge on any atom is -0.488 e. The van der Waals surface area contributed by atoms with Crippen LogP contribution in [-0.4, -0.2) is 11.1 Å². The molecule has 1 N–H and O–H groups in total. The third-order valence-corrected chi connectivity index (χ3v) is 3.43. The van der Waals surface area contributed by atoms with Gasteiger partial charge in [0.05, 0.1) is 0 Å². The van der Waals surface area contributed by atoms with Crippen molar-refractivity contribution in [1.82, 2.24) is 0 Å². The van der Waals surface area contributed by atoms with Gasteiger partial charge in [0.2, 0.25) is 0 Å². The van der Waals surface area contributed by atoms with Gasteiger partial charge < -0.3 is 9.84 Å². The van der Waals surface area contributed by atoms with Crippen LogP contribution in [0.5, 0.6) is 5.75 Å². The summed E-state index contributed by atoms with van der Waals surface area (Å²) in [6, 6.07) is 10.6.